The number of hydrogen-bond donors (Lipinski definition) is 2. The fraction of sp³-hybridized carbons (Fsp3) is 0.667. The first kappa shape index (κ1) is 25.7. The topological polar surface area (TPSA) is 65.8 Å². The van der Waals surface area contributed by atoms with E-state index in [9.17, 15) is 10.2 Å². The first-order valence-electron chi connectivity index (χ1n) is 12.7. The number of alkyl halides is 1. The molecule has 0 radical (unpaired) electrons. The van der Waals surface area contributed by atoms with Gasteiger partial charge in [-0.3, -0.25) is 4.98 Å². The fourth-order valence-electron chi connectivity index (χ4n) is 5.58. The van der Waals surface area contributed by atoms with Gasteiger partial charge in [0.05, 0.1) is 19.2 Å². The highest BCUT2D eigenvalue weighted by Gasteiger charge is 2.35. The number of likely N-dealkylation sites (tertiary alicyclic amines) is 1. The van der Waals surface area contributed by atoms with Crippen molar-refractivity contribution in [2.45, 2.75) is 69.4 Å². The maximum absolute atomic E-state index is 15.7. The van der Waals surface area contributed by atoms with Gasteiger partial charge in [0.25, 0.3) is 0 Å². The molecule has 1 unspecified atom stereocenters. The van der Waals surface area contributed by atoms with E-state index in [-0.39, 0.29) is 18.6 Å². The van der Waals surface area contributed by atoms with Crippen LogP contribution in [0.3, 0.4) is 0 Å². The molecule has 0 bridgehead atoms. The molecular formula is C27H39FN2O3S. The van der Waals surface area contributed by atoms with E-state index in [1.807, 2.05) is 12.1 Å². The Morgan fingerprint density at radius 3 is 2.68 bits per heavy atom. The Hall–Kier alpha value is -1.41. The van der Waals surface area contributed by atoms with Crippen molar-refractivity contribution in [1.29, 1.82) is 0 Å². The molecule has 0 amide bonds. The number of halogens is 1. The zero-order chi connectivity index (χ0) is 24.0. The number of aliphatic hydroxyl groups is 2. The lowest BCUT2D eigenvalue weighted by atomic mass is 9.74. The molecule has 2 fully saturated rings. The molecule has 1 atom stereocenters. The number of fused-ring (bicyclic) bond motifs is 1. The van der Waals surface area contributed by atoms with Gasteiger partial charge < -0.3 is 19.8 Å². The van der Waals surface area contributed by atoms with Crippen molar-refractivity contribution < 1.29 is 19.3 Å². The molecule has 188 valence electrons. The van der Waals surface area contributed by atoms with E-state index in [1.165, 1.54) is 31.4 Å². The Morgan fingerprint density at radius 1 is 1.24 bits per heavy atom. The average Bonchev–Trinajstić information content (AvgIpc) is 3.40. The van der Waals surface area contributed by atoms with Crippen LogP contribution in [0.5, 0.6) is 5.75 Å². The molecule has 2 N–H and O–H groups in total. The molecule has 7 heteroatoms. The van der Waals surface area contributed by atoms with Gasteiger partial charge in [-0.1, -0.05) is 12.8 Å². The fourth-order valence-corrected chi connectivity index (χ4v) is 6.94. The molecular weight excluding hydrogens is 451 g/mol. The van der Waals surface area contributed by atoms with Gasteiger partial charge in [-0.15, -0.1) is 0 Å². The Kier molecular flexibility index (Phi) is 9.08. The molecule has 34 heavy (non-hydrogen) atoms. The van der Waals surface area contributed by atoms with Gasteiger partial charge in [0.1, 0.15) is 11.9 Å². The quantitative estimate of drug-likeness (QED) is 0.447. The smallest absolute Gasteiger partial charge is 0.126 e. The Bertz CT molecular complexity index is 924. The summed E-state index contributed by atoms with van der Waals surface area (Å²) in [6.07, 6.45) is 8.63. The second-order valence-electron chi connectivity index (χ2n) is 10.0. The summed E-state index contributed by atoms with van der Waals surface area (Å²) >= 11 is 2.13. The summed E-state index contributed by atoms with van der Waals surface area (Å²) in [6.45, 7) is 2.90. The molecule has 1 saturated heterocycles. The molecule has 1 aliphatic heterocycles. The molecule has 1 aromatic carbocycles. The SMILES string of the molecule is COc1ccc2ncc(CO)c(C(F)CCC3(CO)CCN(CCSC4CCCC4)CC3)c2c1. The molecule has 1 aliphatic carbocycles. The van der Waals surface area contributed by atoms with Crippen LogP contribution in [0.2, 0.25) is 0 Å². The number of benzene rings is 1. The predicted octanol–water partition coefficient (Wildman–Crippen LogP) is 5.28. The number of aliphatic hydroxyl groups excluding tert-OH is 2. The van der Waals surface area contributed by atoms with E-state index in [2.05, 4.69) is 21.6 Å². The summed E-state index contributed by atoms with van der Waals surface area (Å²) in [5.41, 5.74) is 1.48. The third kappa shape index (κ3) is 6.04. The molecule has 2 aromatic rings. The van der Waals surface area contributed by atoms with Crippen molar-refractivity contribution in [1.82, 2.24) is 9.88 Å². The van der Waals surface area contributed by atoms with E-state index in [1.54, 1.807) is 19.4 Å². The number of pyridine rings is 1. The number of nitrogens with zero attached hydrogens (tertiary/aromatic N) is 2. The number of ether oxygens (including phenoxy) is 1. The van der Waals surface area contributed by atoms with Crippen LogP contribution in [0, 0.1) is 5.41 Å². The van der Waals surface area contributed by atoms with E-state index in [0.29, 0.717) is 40.6 Å². The molecule has 2 aliphatic rings. The molecule has 1 aromatic heterocycles. The van der Waals surface area contributed by atoms with Crippen molar-refractivity contribution in [3.8, 4) is 5.75 Å². The van der Waals surface area contributed by atoms with Crippen LogP contribution in [0.4, 0.5) is 4.39 Å². The van der Waals surface area contributed by atoms with Crippen LogP contribution in [0.15, 0.2) is 24.4 Å². The van der Waals surface area contributed by atoms with Crippen molar-refractivity contribution in [2.75, 3.05) is 39.1 Å². The number of methoxy groups -OCH3 is 1. The summed E-state index contributed by atoms with van der Waals surface area (Å²) in [6, 6.07) is 5.43. The van der Waals surface area contributed by atoms with Gasteiger partial charge in [-0.2, -0.15) is 11.8 Å². The normalized spacial score (nSPS) is 20.1. The maximum Gasteiger partial charge on any atom is 0.126 e. The number of rotatable bonds is 11. The molecule has 5 nitrogen and oxygen atoms in total. The zero-order valence-corrected chi connectivity index (χ0v) is 21.2. The van der Waals surface area contributed by atoms with Gasteiger partial charge in [-0.25, -0.2) is 4.39 Å². The molecule has 2 heterocycles. The highest BCUT2D eigenvalue weighted by Crippen LogP contribution is 2.41. The maximum atomic E-state index is 15.7. The minimum atomic E-state index is -1.23. The minimum Gasteiger partial charge on any atom is -0.497 e. The summed E-state index contributed by atoms with van der Waals surface area (Å²) in [5.74, 6) is 1.83. The third-order valence-corrected chi connectivity index (χ3v) is 9.29. The van der Waals surface area contributed by atoms with Gasteiger partial charge in [0.2, 0.25) is 0 Å². The summed E-state index contributed by atoms with van der Waals surface area (Å²) in [4.78, 5) is 6.89. The second-order valence-corrected chi connectivity index (χ2v) is 11.4. The Morgan fingerprint density at radius 2 is 2.00 bits per heavy atom. The molecule has 4 rings (SSSR count). The lowest BCUT2D eigenvalue weighted by molar-refractivity contribution is 0.0322. The third-order valence-electron chi connectivity index (χ3n) is 7.93. The van der Waals surface area contributed by atoms with Gasteiger partial charge in [0, 0.05) is 46.9 Å². The summed E-state index contributed by atoms with van der Waals surface area (Å²) in [7, 11) is 1.59. The first-order valence-corrected chi connectivity index (χ1v) is 13.8. The van der Waals surface area contributed by atoms with Gasteiger partial charge >= 0.3 is 0 Å². The van der Waals surface area contributed by atoms with E-state index in [0.717, 1.165) is 37.7 Å². The predicted molar refractivity (Wildman–Crippen MR) is 137 cm³/mol. The van der Waals surface area contributed by atoms with Crippen LogP contribution in [-0.2, 0) is 6.61 Å². The minimum absolute atomic E-state index is 0.0994. The van der Waals surface area contributed by atoms with E-state index >= 15 is 4.39 Å². The van der Waals surface area contributed by atoms with Crippen molar-refractivity contribution >= 4 is 22.7 Å². The van der Waals surface area contributed by atoms with Crippen LogP contribution < -0.4 is 4.74 Å². The van der Waals surface area contributed by atoms with Gasteiger partial charge in [0.15, 0.2) is 0 Å². The molecule has 0 spiro atoms. The monoisotopic (exact) mass is 490 g/mol. The Labute approximate surface area is 207 Å². The van der Waals surface area contributed by atoms with Crippen LogP contribution >= 0.6 is 11.8 Å². The highest BCUT2D eigenvalue weighted by atomic mass is 32.2. The van der Waals surface area contributed by atoms with Crippen LogP contribution in [-0.4, -0.2) is 64.5 Å². The lowest BCUT2D eigenvalue weighted by Crippen LogP contribution is -2.43. The van der Waals surface area contributed by atoms with E-state index in [4.69, 9.17) is 4.74 Å². The average molecular weight is 491 g/mol. The number of piperidine rings is 1. The van der Waals surface area contributed by atoms with Crippen LogP contribution in [0.1, 0.15) is 68.7 Å². The number of thioether (sulfide) groups is 1. The van der Waals surface area contributed by atoms with Gasteiger partial charge in [-0.05, 0) is 75.2 Å². The lowest BCUT2D eigenvalue weighted by Gasteiger charge is -2.41. The number of aromatic nitrogens is 1. The summed E-state index contributed by atoms with van der Waals surface area (Å²) < 4.78 is 21.1. The van der Waals surface area contributed by atoms with Crippen LogP contribution in [0.25, 0.3) is 10.9 Å². The van der Waals surface area contributed by atoms with Crippen molar-refractivity contribution in [2.24, 2.45) is 5.41 Å². The van der Waals surface area contributed by atoms with Crippen molar-refractivity contribution in [3.63, 3.8) is 0 Å². The Balaban J connectivity index is 1.36. The molecule has 1 saturated carbocycles. The van der Waals surface area contributed by atoms with E-state index < -0.39 is 6.17 Å². The number of hydrogen-bond acceptors (Lipinski definition) is 6. The second kappa shape index (κ2) is 12.0. The zero-order valence-electron chi connectivity index (χ0n) is 20.3. The highest BCUT2D eigenvalue weighted by molar-refractivity contribution is 7.99. The largest absolute Gasteiger partial charge is 0.497 e. The standard InChI is InChI=1S/C27H39FN2O3S/c1-33-21-6-7-25-23(16-21)26(20(18-31)17-29-25)24(28)8-9-27(19-32)10-12-30(13-11-27)14-15-34-22-4-2-3-5-22/h6-7,16-17,22,24,31-32H,2-5,8-15,18-19H2,1H3. The van der Waals surface area contributed by atoms with Crippen molar-refractivity contribution in [3.05, 3.63) is 35.5 Å². The summed E-state index contributed by atoms with van der Waals surface area (Å²) in [5, 5.41) is 21.7. The first-order chi connectivity index (χ1) is 16.6.